The van der Waals surface area contributed by atoms with Crippen molar-refractivity contribution in [3.05, 3.63) is 70.8 Å². The molecule has 2 fully saturated rings. The average Bonchev–Trinajstić information content (AvgIpc) is 3.01. The summed E-state index contributed by atoms with van der Waals surface area (Å²) in [7, 11) is 0. The number of carbonyl (C=O) groups is 1. The Balaban J connectivity index is 1.74. The first-order valence-corrected chi connectivity index (χ1v) is 8.77. The van der Waals surface area contributed by atoms with Gasteiger partial charge in [-0.2, -0.15) is 0 Å². The summed E-state index contributed by atoms with van der Waals surface area (Å²) in [6.07, 6.45) is -0.554. The molecule has 0 saturated carbocycles. The van der Waals surface area contributed by atoms with Crippen LogP contribution in [0.15, 0.2) is 48.5 Å². The number of esters is 1. The molecule has 130 valence electrons. The number of hydrogen-bond donors (Lipinski definition) is 0. The molecule has 2 heterocycles. The normalized spacial score (nSPS) is 29.3. The lowest BCUT2D eigenvalue weighted by molar-refractivity contribution is -0.161. The Morgan fingerprint density at radius 2 is 1.48 bits per heavy atom. The third-order valence-electron chi connectivity index (χ3n) is 5.14. The molecule has 0 aromatic heterocycles. The Labute approximate surface area is 148 Å². The summed E-state index contributed by atoms with van der Waals surface area (Å²) < 4.78 is 11.8. The third kappa shape index (κ3) is 2.86. The highest BCUT2D eigenvalue weighted by Gasteiger charge is 2.52. The van der Waals surface area contributed by atoms with Crippen LogP contribution in [-0.2, 0) is 14.3 Å². The van der Waals surface area contributed by atoms with Crippen molar-refractivity contribution in [3.8, 4) is 0 Å². The van der Waals surface area contributed by atoms with Gasteiger partial charge in [0.1, 0.15) is 25.0 Å². The van der Waals surface area contributed by atoms with E-state index >= 15 is 0 Å². The van der Waals surface area contributed by atoms with Gasteiger partial charge in [-0.05, 0) is 31.9 Å². The Kier molecular flexibility index (Phi) is 4.10. The number of ether oxygens (including phenoxy) is 2. The number of nitrogens with zero attached hydrogens (tertiary/aromatic N) is 1. The summed E-state index contributed by atoms with van der Waals surface area (Å²) in [5.74, 6) is -0.196. The fourth-order valence-electron chi connectivity index (χ4n) is 3.71. The lowest BCUT2D eigenvalue weighted by Gasteiger charge is -2.37. The second kappa shape index (κ2) is 6.28. The van der Waals surface area contributed by atoms with Crippen molar-refractivity contribution in [3.63, 3.8) is 0 Å². The zero-order chi connectivity index (χ0) is 17.6. The summed E-state index contributed by atoms with van der Waals surface area (Å²) in [5, 5.41) is 0. The van der Waals surface area contributed by atoms with Gasteiger partial charge in [-0.15, -0.1) is 0 Å². The van der Waals surface area contributed by atoms with Gasteiger partial charge in [-0.3, -0.25) is 9.69 Å². The standard InChI is InChI=1S/C21H23NO3/c1-13-4-8-16(9-5-13)19-18-21(23)24-12-15(3)22(18)20(25-19)17-10-6-14(2)7-11-17/h4-11,15,18-20H,12H2,1-3H3/t15-,18?,19+,20?/m0/s1. The fraction of sp³-hybridized carbons (Fsp3) is 0.381. The molecule has 2 unspecified atom stereocenters. The molecule has 0 radical (unpaired) electrons. The van der Waals surface area contributed by atoms with E-state index in [-0.39, 0.29) is 24.3 Å². The largest absolute Gasteiger partial charge is 0.463 e. The number of cyclic esters (lactones) is 1. The third-order valence-corrected chi connectivity index (χ3v) is 5.14. The van der Waals surface area contributed by atoms with Crippen molar-refractivity contribution in [2.24, 2.45) is 0 Å². The van der Waals surface area contributed by atoms with E-state index in [1.807, 2.05) is 12.1 Å². The molecule has 2 aromatic rings. The molecule has 4 rings (SSSR count). The van der Waals surface area contributed by atoms with Crippen LogP contribution in [0.3, 0.4) is 0 Å². The van der Waals surface area contributed by atoms with Gasteiger partial charge >= 0.3 is 5.97 Å². The van der Waals surface area contributed by atoms with E-state index in [0.29, 0.717) is 6.61 Å². The van der Waals surface area contributed by atoms with Crippen LogP contribution in [0.25, 0.3) is 0 Å². The number of hydrogen-bond acceptors (Lipinski definition) is 4. The van der Waals surface area contributed by atoms with Gasteiger partial charge in [0.15, 0.2) is 0 Å². The van der Waals surface area contributed by atoms with E-state index in [1.54, 1.807) is 0 Å². The molecule has 2 saturated heterocycles. The van der Waals surface area contributed by atoms with E-state index in [9.17, 15) is 4.79 Å². The van der Waals surface area contributed by atoms with Crippen LogP contribution in [0.5, 0.6) is 0 Å². The lowest BCUT2D eigenvalue weighted by Crippen LogP contribution is -2.52. The van der Waals surface area contributed by atoms with Gasteiger partial charge in [0.2, 0.25) is 0 Å². The van der Waals surface area contributed by atoms with Crippen molar-refractivity contribution >= 4 is 5.97 Å². The highest BCUT2D eigenvalue weighted by Crippen LogP contribution is 2.45. The SMILES string of the molecule is Cc1ccc(C2O[C@H](c3ccc(C)cc3)C3C(=O)OC[C@H](C)N23)cc1. The molecule has 0 N–H and O–H groups in total. The second-order valence-electron chi connectivity index (χ2n) is 7.10. The molecular weight excluding hydrogens is 314 g/mol. The Bertz CT molecular complexity index is 769. The molecule has 4 heteroatoms. The van der Waals surface area contributed by atoms with Gasteiger partial charge in [-0.1, -0.05) is 59.7 Å². The van der Waals surface area contributed by atoms with Crippen LogP contribution in [0, 0.1) is 13.8 Å². The molecule has 2 aromatic carbocycles. The number of rotatable bonds is 2. The Morgan fingerprint density at radius 1 is 0.920 bits per heavy atom. The molecular formula is C21H23NO3. The molecule has 4 nitrogen and oxygen atoms in total. The quantitative estimate of drug-likeness (QED) is 0.784. The number of benzene rings is 2. The number of morpholine rings is 1. The molecule has 25 heavy (non-hydrogen) atoms. The first kappa shape index (κ1) is 16.3. The number of fused-ring (bicyclic) bond motifs is 1. The zero-order valence-corrected chi connectivity index (χ0v) is 14.8. The van der Waals surface area contributed by atoms with Gasteiger partial charge in [0.05, 0.1) is 0 Å². The van der Waals surface area contributed by atoms with Crippen LogP contribution in [0.2, 0.25) is 0 Å². The summed E-state index contributed by atoms with van der Waals surface area (Å²) in [4.78, 5) is 14.7. The smallest absolute Gasteiger partial charge is 0.326 e. The maximum absolute atomic E-state index is 12.6. The molecule has 2 aliphatic rings. The zero-order valence-electron chi connectivity index (χ0n) is 14.8. The van der Waals surface area contributed by atoms with E-state index in [4.69, 9.17) is 9.47 Å². The summed E-state index contributed by atoms with van der Waals surface area (Å²) >= 11 is 0. The number of carbonyl (C=O) groups excluding carboxylic acids is 1. The fourth-order valence-corrected chi connectivity index (χ4v) is 3.71. The van der Waals surface area contributed by atoms with Crippen LogP contribution in [-0.4, -0.2) is 29.6 Å². The van der Waals surface area contributed by atoms with Crippen LogP contribution < -0.4 is 0 Å². The van der Waals surface area contributed by atoms with Crippen molar-refractivity contribution in [1.29, 1.82) is 0 Å². The lowest BCUT2D eigenvalue weighted by atomic mass is 9.98. The van der Waals surface area contributed by atoms with Crippen LogP contribution in [0.4, 0.5) is 0 Å². The second-order valence-corrected chi connectivity index (χ2v) is 7.10. The maximum atomic E-state index is 12.6. The first-order valence-electron chi connectivity index (χ1n) is 8.77. The molecule has 0 bridgehead atoms. The molecule has 2 aliphatic heterocycles. The van der Waals surface area contributed by atoms with Gasteiger partial charge in [-0.25, -0.2) is 0 Å². The summed E-state index contributed by atoms with van der Waals surface area (Å²) in [6, 6.07) is 16.2. The molecule has 0 aliphatic carbocycles. The molecule has 0 spiro atoms. The van der Waals surface area contributed by atoms with E-state index in [2.05, 4.69) is 62.1 Å². The summed E-state index contributed by atoms with van der Waals surface area (Å²) in [5.41, 5.74) is 4.49. The topological polar surface area (TPSA) is 38.8 Å². The maximum Gasteiger partial charge on any atom is 0.326 e. The predicted octanol–water partition coefficient (Wildman–Crippen LogP) is 3.69. The van der Waals surface area contributed by atoms with Crippen molar-refractivity contribution in [2.45, 2.75) is 45.2 Å². The van der Waals surface area contributed by atoms with Gasteiger partial charge < -0.3 is 9.47 Å². The minimum atomic E-state index is -0.405. The first-order chi connectivity index (χ1) is 12.0. The minimum absolute atomic E-state index is 0.115. The van der Waals surface area contributed by atoms with Gasteiger partial charge in [0.25, 0.3) is 0 Å². The van der Waals surface area contributed by atoms with Crippen LogP contribution in [0.1, 0.15) is 41.5 Å². The summed E-state index contributed by atoms with van der Waals surface area (Å²) in [6.45, 7) is 6.61. The van der Waals surface area contributed by atoms with E-state index < -0.39 is 6.04 Å². The van der Waals surface area contributed by atoms with Crippen molar-refractivity contribution < 1.29 is 14.3 Å². The van der Waals surface area contributed by atoms with E-state index in [0.717, 1.165) is 11.1 Å². The predicted molar refractivity (Wildman–Crippen MR) is 95.0 cm³/mol. The van der Waals surface area contributed by atoms with Crippen LogP contribution >= 0.6 is 0 Å². The molecule has 4 atom stereocenters. The highest BCUT2D eigenvalue weighted by molar-refractivity contribution is 5.78. The Morgan fingerprint density at radius 3 is 2.08 bits per heavy atom. The van der Waals surface area contributed by atoms with E-state index in [1.165, 1.54) is 11.1 Å². The highest BCUT2D eigenvalue weighted by atomic mass is 16.6. The van der Waals surface area contributed by atoms with Crippen molar-refractivity contribution in [2.75, 3.05) is 6.61 Å². The average molecular weight is 337 g/mol. The molecule has 0 amide bonds. The number of aryl methyl sites for hydroxylation is 2. The van der Waals surface area contributed by atoms with Crippen molar-refractivity contribution in [1.82, 2.24) is 4.90 Å². The monoisotopic (exact) mass is 337 g/mol. The Hall–Kier alpha value is -2.17. The minimum Gasteiger partial charge on any atom is -0.463 e. The van der Waals surface area contributed by atoms with Gasteiger partial charge in [0, 0.05) is 6.04 Å².